The van der Waals surface area contributed by atoms with E-state index in [1.54, 1.807) is 13.1 Å². The number of amides is 1. The zero-order valence-corrected chi connectivity index (χ0v) is 15.3. The molecule has 4 rings (SSSR count). The fraction of sp³-hybridized carbons (Fsp3) is 0.684. The Morgan fingerprint density at radius 2 is 1.96 bits per heavy atom. The molecule has 2 fully saturated rings. The van der Waals surface area contributed by atoms with Crippen molar-refractivity contribution < 1.29 is 13.7 Å². The molecule has 1 saturated carbocycles. The van der Waals surface area contributed by atoms with Gasteiger partial charge in [0.25, 0.3) is 5.89 Å². The minimum atomic E-state index is -0.117. The molecule has 0 atom stereocenters. The summed E-state index contributed by atoms with van der Waals surface area (Å²) in [4.78, 5) is 22.9. The van der Waals surface area contributed by atoms with Crippen LogP contribution in [0.2, 0.25) is 0 Å². The molecular formula is C19H26N4O3. The van der Waals surface area contributed by atoms with E-state index in [-0.39, 0.29) is 11.8 Å². The molecule has 26 heavy (non-hydrogen) atoms. The summed E-state index contributed by atoms with van der Waals surface area (Å²) >= 11 is 0. The molecule has 1 saturated heterocycles. The van der Waals surface area contributed by atoms with Crippen molar-refractivity contribution in [2.75, 3.05) is 13.1 Å². The van der Waals surface area contributed by atoms with E-state index in [9.17, 15) is 4.79 Å². The van der Waals surface area contributed by atoms with Crippen molar-refractivity contribution in [2.45, 2.75) is 64.2 Å². The second-order valence-corrected chi connectivity index (χ2v) is 7.60. The van der Waals surface area contributed by atoms with Crippen LogP contribution in [-0.4, -0.2) is 39.0 Å². The second kappa shape index (κ2) is 7.60. The van der Waals surface area contributed by atoms with Gasteiger partial charge in [-0.1, -0.05) is 24.4 Å². The Morgan fingerprint density at radius 1 is 1.19 bits per heavy atom. The van der Waals surface area contributed by atoms with Crippen LogP contribution < -0.4 is 0 Å². The maximum atomic E-state index is 12.4. The summed E-state index contributed by atoms with van der Waals surface area (Å²) in [5.74, 6) is 3.33. The second-order valence-electron chi connectivity index (χ2n) is 7.60. The van der Waals surface area contributed by atoms with Crippen molar-refractivity contribution in [3.05, 3.63) is 29.6 Å². The van der Waals surface area contributed by atoms with Gasteiger partial charge in [0.2, 0.25) is 5.89 Å². The molecule has 0 aromatic carbocycles. The molecule has 0 unspecified atom stereocenters. The highest BCUT2D eigenvalue weighted by atomic mass is 16.5. The Labute approximate surface area is 153 Å². The Bertz CT molecular complexity index is 740. The number of aromatic nitrogens is 3. The smallest absolute Gasteiger partial charge is 0.309 e. The van der Waals surface area contributed by atoms with Crippen LogP contribution in [0.25, 0.3) is 0 Å². The van der Waals surface area contributed by atoms with Gasteiger partial charge in [0.05, 0.1) is 6.20 Å². The van der Waals surface area contributed by atoms with Gasteiger partial charge in [-0.25, -0.2) is 4.98 Å². The lowest BCUT2D eigenvalue weighted by atomic mass is 9.89. The van der Waals surface area contributed by atoms with Crippen LogP contribution in [0.5, 0.6) is 0 Å². The molecule has 1 amide bonds. The largest absolute Gasteiger partial charge is 0.438 e. The maximum absolute atomic E-state index is 12.4. The number of oxazole rings is 1. The Morgan fingerprint density at radius 3 is 2.65 bits per heavy atom. The molecule has 7 heteroatoms. The third-order valence-corrected chi connectivity index (χ3v) is 5.62. The van der Waals surface area contributed by atoms with Crippen molar-refractivity contribution in [1.29, 1.82) is 0 Å². The standard InChI is InChI=1S/C19H26N4O3/c1-13-12-20-18(25-13)19(24)23-9-7-14(8-10-23)11-16-21-17(22-26-16)15-5-3-2-4-6-15/h12,14-15H,2-11H2,1H3. The van der Waals surface area contributed by atoms with Gasteiger partial charge in [0.15, 0.2) is 5.82 Å². The highest BCUT2D eigenvalue weighted by Crippen LogP contribution is 2.31. The highest BCUT2D eigenvalue weighted by Gasteiger charge is 2.28. The number of aryl methyl sites for hydroxylation is 1. The van der Waals surface area contributed by atoms with Gasteiger partial charge < -0.3 is 13.8 Å². The van der Waals surface area contributed by atoms with E-state index in [4.69, 9.17) is 8.94 Å². The van der Waals surface area contributed by atoms with E-state index in [0.717, 1.165) is 31.0 Å². The minimum absolute atomic E-state index is 0.117. The molecule has 0 radical (unpaired) electrons. The molecule has 0 spiro atoms. The molecule has 1 aliphatic heterocycles. The van der Waals surface area contributed by atoms with Crippen LogP contribution in [0.1, 0.15) is 79.0 Å². The van der Waals surface area contributed by atoms with E-state index in [1.165, 1.54) is 32.1 Å². The molecule has 0 bridgehead atoms. The molecule has 3 heterocycles. The Kier molecular flexibility index (Phi) is 5.04. The Balaban J connectivity index is 1.28. The number of nitrogens with zero attached hydrogens (tertiary/aromatic N) is 4. The SMILES string of the molecule is Cc1cnc(C(=O)N2CCC(Cc3nc(C4CCCCC4)no3)CC2)o1. The van der Waals surface area contributed by atoms with Gasteiger partial charge in [0, 0.05) is 25.4 Å². The third kappa shape index (κ3) is 3.81. The van der Waals surface area contributed by atoms with Crippen LogP contribution in [0.3, 0.4) is 0 Å². The van der Waals surface area contributed by atoms with Gasteiger partial charge in [-0.15, -0.1) is 0 Å². The number of hydrogen-bond acceptors (Lipinski definition) is 6. The van der Waals surface area contributed by atoms with Gasteiger partial charge in [-0.3, -0.25) is 4.79 Å². The van der Waals surface area contributed by atoms with E-state index in [0.29, 0.717) is 30.7 Å². The normalized spacial score (nSPS) is 19.8. The zero-order chi connectivity index (χ0) is 17.9. The van der Waals surface area contributed by atoms with Crippen LogP contribution in [0, 0.1) is 12.8 Å². The minimum Gasteiger partial charge on any atom is -0.438 e. The maximum Gasteiger partial charge on any atom is 0.309 e. The molecule has 2 aliphatic rings. The topological polar surface area (TPSA) is 85.3 Å². The van der Waals surface area contributed by atoms with Gasteiger partial charge >= 0.3 is 5.91 Å². The van der Waals surface area contributed by atoms with E-state index in [1.807, 2.05) is 4.90 Å². The van der Waals surface area contributed by atoms with Gasteiger partial charge in [-0.2, -0.15) is 4.98 Å². The molecule has 0 N–H and O–H groups in total. The number of carbonyl (C=O) groups excluding carboxylic acids is 1. The average molecular weight is 358 g/mol. The van der Waals surface area contributed by atoms with E-state index >= 15 is 0 Å². The molecule has 2 aromatic heterocycles. The van der Waals surface area contributed by atoms with E-state index < -0.39 is 0 Å². The molecule has 1 aliphatic carbocycles. The van der Waals surface area contributed by atoms with Crippen LogP contribution in [-0.2, 0) is 6.42 Å². The van der Waals surface area contributed by atoms with Crippen molar-refractivity contribution in [1.82, 2.24) is 20.0 Å². The van der Waals surface area contributed by atoms with Crippen LogP contribution >= 0.6 is 0 Å². The van der Waals surface area contributed by atoms with Crippen molar-refractivity contribution >= 4 is 5.91 Å². The number of carbonyl (C=O) groups is 1. The molecule has 7 nitrogen and oxygen atoms in total. The summed E-state index contributed by atoms with van der Waals surface area (Å²) in [6.45, 7) is 3.23. The summed E-state index contributed by atoms with van der Waals surface area (Å²) < 4.78 is 10.8. The summed E-state index contributed by atoms with van der Waals surface area (Å²) in [6.07, 6.45) is 10.5. The fourth-order valence-electron chi connectivity index (χ4n) is 4.05. The predicted molar refractivity (Wildman–Crippen MR) is 93.7 cm³/mol. The van der Waals surface area contributed by atoms with Gasteiger partial charge in [0.1, 0.15) is 5.76 Å². The fourth-order valence-corrected chi connectivity index (χ4v) is 4.05. The average Bonchev–Trinajstić information content (AvgIpc) is 3.32. The van der Waals surface area contributed by atoms with E-state index in [2.05, 4.69) is 15.1 Å². The number of hydrogen-bond donors (Lipinski definition) is 0. The highest BCUT2D eigenvalue weighted by molar-refractivity contribution is 5.89. The lowest BCUT2D eigenvalue weighted by molar-refractivity contribution is 0.0646. The first-order valence-corrected chi connectivity index (χ1v) is 9.73. The Hall–Kier alpha value is -2.18. The zero-order valence-electron chi connectivity index (χ0n) is 15.3. The monoisotopic (exact) mass is 358 g/mol. The lowest BCUT2D eigenvalue weighted by Gasteiger charge is -2.30. The summed E-state index contributed by atoms with van der Waals surface area (Å²) in [7, 11) is 0. The predicted octanol–water partition coefficient (Wildman–Crippen LogP) is 3.51. The third-order valence-electron chi connectivity index (χ3n) is 5.62. The first-order chi connectivity index (χ1) is 12.7. The van der Waals surface area contributed by atoms with Crippen LogP contribution in [0.4, 0.5) is 0 Å². The summed E-state index contributed by atoms with van der Waals surface area (Å²) in [5, 5.41) is 4.22. The van der Waals surface area contributed by atoms with Crippen molar-refractivity contribution in [3.8, 4) is 0 Å². The first-order valence-electron chi connectivity index (χ1n) is 9.73. The summed E-state index contributed by atoms with van der Waals surface area (Å²) in [5.41, 5.74) is 0. The molecular weight excluding hydrogens is 332 g/mol. The van der Waals surface area contributed by atoms with Crippen molar-refractivity contribution in [2.24, 2.45) is 5.92 Å². The number of likely N-dealkylation sites (tertiary alicyclic amines) is 1. The van der Waals surface area contributed by atoms with Crippen molar-refractivity contribution in [3.63, 3.8) is 0 Å². The number of piperidine rings is 1. The van der Waals surface area contributed by atoms with Crippen LogP contribution in [0.15, 0.2) is 15.1 Å². The lowest BCUT2D eigenvalue weighted by Crippen LogP contribution is -2.39. The number of rotatable bonds is 4. The first kappa shape index (κ1) is 17.2. The molecule has 140 valence electrons. The molecule has 2 aromatic rings. The summed E-state index contributed by atoms with van der Waals surface area (Å²) in [6, 6.07) is 0. The van der Waals surface area contributed by atoms with Gasteiger partial charge in [-0.05, 0) is 38.5 Å². The quantitative estimate of drug-likeness (QED) is 0.831.